The molecular formula is C9H14ClN3O. The summed E-state index contributed by atoms with van der Waals surface area (Å²) in [4.78, 5) is 6.42. The van der Waals surface area contributed by atoms with Crippen molar-refractivity contribution in [2.45, 2.75) is 19.2 Å². The average molecular weight is 216 g/mol. The lowest BCUT2D eigenvalue weighted by molar-refractivity contribution is 0.110. The predicted octanol–water partition coefficient (Wildman–Crippen LogP) is 0.298. The third-order valence-corrected chi connectivity index (χ3v) is 2.83. The van der Waals surface area contributed by atoms with Gasteiger partial charge in [0.15, 0.2) is 0 Å². The van der Waals surface area contributed by atoms with E-state index in [1.165, 1.54) is 0 Å². The minimum absolute atomic E-state index is 0.297. The summed E-state index contributed by atoms with van der Waals surface area (Å²) in [5, 5.41) is 9.41. The van der Waals surface area contributed by atoms with E-state index in [1.54, 1.807) is 0 Å². The van der Waals surface area contributed by atoms with Gasteiger partial charge < -0.3 is 9.67 Å². The molecule has 0 saturated carbocycles. The van der Waals surface area contributed by atoms with Crippen LogP contribution in [0.4, 0.5) is 0 Å². The summed E-state index contributed by atoms with van der Waals surface area (Å²) < 4.78 is 2.14. The number of aromatic nitrogens is 2. The molecule has 0 saturated heterocycles. The molecule has 14 heavy (non-hydrogen) atoms. The number of hydrogen-bond donors (Lipinski definition) is 1. The van der Waals surface area contributed by atoms with Gasteiger partial charge in [0.25, 0.3) is 0 Å². The Morgan fingerprint density at radius 1 is 1.57 bits per heavy atom. The molecule has 78 valence electrons. The quantitative estimate of drug-likeness (QED) is 0.738. The third kappa shape index (κ3) is 2.08. The van der Waals surface area contributed by atoms with Crippen molar-refractivity contribution in [2.75, 3.05) is 19.0 Å². The van der Waals surface area contributed by atoms with E-state index in [2.05, 4.69) is 14.5 Å². The Bertz CT molecular complexity index is 302. The van der Waals surface area contributed by atoms with E-state index in [1.807, 2.05) is 12.4 Å². The van der Waals surface area contributed by atoms with Crippen LogP contribution in [0.5, 0.6) is 0 Å². The Morgan fingerprint density at radius 3 is 3.21 bits per heavy atom. The summed E-state index contributed by atoms with van der Waals surface area (Å²) in [6.45, 7) is 3.35. The molecule has 1 unspecified atom stereocenters. The summed E-state index contributed by atoms with van der Waals surface area (Å²) in [6.07, 6.45) is 3.37. The van der Waals surface area contributed by atoms with Gasteiger partial charge in [0, 0.05) is 37.9 Å². The number of fused-ring (bicyclic) bond motifs is 1. The second kappa shape index (κ2) is 4.29. The Kier molecular flexibility index (Phi) is 3.05. The second-order valence-corrected chi connectivity index (χ2v) is 3.89. The second-order valence-electron chi connectivity index (χ2n) is 3.58. The van der Waals surface area contributed by atoms with Gasteiger partial charge in [-0.2, -0.15) is 0 Å². The fourth-order valence-corrected chi connectivity index (χ4v) is 1.82. The van der Waals surface area contributed by atoms with Crippen LogP contribution in [0, 0.1) is 0 Å². The molecule has 1 aliphatic rings. The summed E-state index contributed by atoms with van der Waals surface area (Å²) >= 11 is 5.55. The van der Waals surface area contributed by atoms with Crippen LogP contribution in [0.1, 0.15) is 5.82 Å². The molecule has 0 radical (unpaired) electrons. The number of rotatable bonds is 3. The smallest absolute Gasteiger partial charge is 0.122 e. The van der Waals surface area contributed by atoms with Gasteiger partial charge in [-0.1, -0.05) is 0 Å². The molecule has 5 heteroatoms. The fraction of sp³-hybridized carbons (Fsp3) is 0.667. The number of aliphatic hydroxyl groups excluding tert-OH is 1. The zero-order chi connectivity index (χ0) is 9.97. The molecule has 0 aromatic carbocycles. The van der Waals surface area contributed by atoms with Gasteiger partial charge in [0.1, 0.15) is 5.82 Å². The third-order valence-electron chi connectivity index (χ3n) is 2.47. The number of β-amino-alcohol motifs (C(OH)–C–C–N with tert-alkyl or cyclic N) is 1. The SMILES string of the molecule is OC(CCl)CN1CCn2ccnc2C1. The lowest BCUT2D eigenvalue weighted by Crippen LogP contribution is -2.39. The van der Waals surface area contributed by atoms with Crippen molar-refractivity contribution in [3.63, 3.8) is 0 Å². The van der Waals surface area contributed by atoms with E-state index >= 15 is 0 Å². The molecule has 2 heterocycles. The van der Waals surface area contributed by atoms with Crippen molar-refractivity contribution in [2.24, 2.45) is 0 Å². The number of alkyl halides is 1. The summed E-state index contributed by atoms with van der Waals surface area (Å²) in [6, 6.07) is 0. The lowest BCUT2D eigenvalue weighted by Gasteiger charge is -2.28. The van der Waals surface area contributed by atoms with E-state index in [4.69, 9.17) is 11.6 Å². The fourth-order valence-electron chi connectivity index (χ4n) is 1.73. The van der Waals surface area contributed by atoms with Gasteiger partial charge >= 0.3 is 0 Å². The molecule has 0 amide bonds. The zero-order valence-corrected chi connectivity index (χ0v) is 8.69. The van der Waals surface area contributed by atoms with E-state index in [0.29, 0.717) is 12.4 Å². The van der Waals surface area contributed by atoms with Gasteiger partial charge in [-0.3, -0.25) is 4.90 Å². The van der Waals surface area contributed by atoms with Crippen LogP contribution in [-0.2, 0) is 13.1 Å². The van der Waals surface area contributed by atoms with Gasteiger partial charge in [0.05, 0.1) is 12.6 Å². The number of hydrogen-bond acceptors (Lipinski definition) is 3. The minimum Gasteiger partial charge on any atom is -0.391 e. The van der Waals surface area contributed by atoms with Crippen LogP contribution < -0.4 is 0 Å². The van der Waals surface area contributed by atoms with E-state index < -0.39 is 6.10 Å². The number of halogens is 1. The van der Waals surface area contributed by atoms with Crippen LogP contribution in [-0.4, -0.2) is 44.6 Å². The first-order chi connectivity index (χ1) is 6.79. The molecule has 1 N–H and O–H groups in total. The lowest BCUT2D eigenvalue weighted by atomic mass is 10.3. The average Bonchev–Trinajstić information content (AvgIpc) is 2.64. The number of aliphatic hydroxyl groups is 1. The van der Waals surface area contributed by atoms with Crippen molar-refractivity contribution >= 4 is 11.6 Å². The highest BCUT2D eigenvalue weighted by atomic mass is 35.5. The van der Waals surface area contributed by atoms with Crippen LogP contribution in [0.2, 0.25) is 0 Å². The molecule has 1 atom stereocenters. The summed E-state index contributed by atoms with van der Waals surface area (Å²) in [7, 11) is 0. The van der Waals surface area contributed by atoms with Crippen LogP contribution in [0.3, 0.4) is 0 Å². The van der Waals surface area contributed by atoms with Gasteiger partial charge in [-0.05, 0) is 0 Å². The topological polar surface area (TPSA) is 41.3 Å². The van der Waals surface area contributed by atoms with Gasteiger partial charge in [-0.25, -0.2) is 4.98 Å². The van der Waals surface area contributed by atoms with Crippen molar-refractivity contribution in [3.8, 4) is 0 Å². The van der Waals surface area contributed by atoms with Crippen molar-refractivity contribution in [1.82, 2.24) is 14.5 Å². The highest BCUT2D eigenvalue weighted by Crippen LogP contribution is 2.10. The standard InChI is InChI=1S/C9H14ClN3O/c10-5-8(14)6-12-3-4-13-2-1-11-9(13)7-12/h1-2,8,14H,3-7H2. The van der Waals surface area contributed by atoms with Crippen molar-refractivity contribution in [1.29, 1.82) is 0 Å². The highest BCUT2D eigenvalue weighted by molar-refractivity contribution is 6.18. The Balaban J connectivity index is 1.94. The molecule has 0 fully saturated rings. The molecule has 0 bridgehead atoms. The first-order valence-corrected chi connectivity index (χ1v) is 5.29. The Morgan fingerprint density at radius 2 is 2.43 bits per heavy atom. The molecule has 1 aromatic heterocycles. The zero-order valence-electron chi connectivity index (χ0n) is 7.93. The Labute approximate surface area is 88.1 Å². The predicted molar refractivity (Wildman–Crippen MR) is 54.2 cm³/mol. The van der Waals surface area contributed by atoms with E-state index in [0.717, 1.165) is 25.5 Å². The van der Waals surface area contributed by atoms with Crippen molar-refractivity contribution in [3.05, 3.63) is 18.2 Å². The molecule has 0 aliphatic carbocycles. The molecule has 1 aromatic rings. The highest BCUT2D eigenvalue weighted by Gasteiger charge is 2.18. The minimum atomic E-state index is -0.432. The monoisotopic (exact) mass is 215 g/mol. The van der Waals surface area contributed by atoms with Crippen LogP contribution in [0.15, 0.2) is 12.4 Å². The Hall–Kier alpha value is -0.580. The number of nitrogens with zero attached hydrogens (tertiary/aromatic N) is 3. The molecule has 2 rings (SSSR count). The van der Waals surface area contributed by atoms with Gasteiger partial charge in [-0.15, -0.1) is 11.6 Å². The molecule has 0 spiro atoms. The maximum absolute atomic E-state index is 9.41. The first-order valence-electron chi connectivity index (χ1n) is 4.76. The van der Waals surface area contributed by atoms with Crippen LogP contribution in [0.25, 0.3) is 0 Å². The maximum Gasteiger partial charge on any atom is 0.122 e. The van der Waals surface area contributed by atoms with Crippen molar-refractivity contribution < 1.29 is 5.11 Å². The molecule has 4 nitrogen and oxygen atoms in total. The van der Waals surface area contributed by atoms with Gasteiger partial charge in [0.2, 0.25) is 0 Å². The molecular weight excluding hydrogens is 202 g/mol. The normalized spacial score (nSPS) is 19.3. The largest absolute Gasteiger partial charge is 0.391 e. The first kappa shape index (κ1) is 9.96. The summed E-state index contributed by atoms with van der Waals surface area (Å²) in [5.41, 5.74) is 0. The number of imidazole rings is 1. The maximum atomic E-state index is 9.41. The molecule has 1 aliphatic heterocycles. The van der Waals surface area contributed by atoms with Crippen LogP contribution >= 0.6 is 11.6 Å². The van der Waals surface area contributed by atoms with E-state index in [9.17, 15) is 5.11 Å². The van der Waals surface area contributed by atoms with E-state index in [-0.39, 0.29) is 0 Å². The summed E-state index contributed by atoms with van der Waals surface area (Å²) in [5.74, 6) is 1.36.